The van der Waals surface area contributed by atoms with Crippen LogP contribution in [-0.2, 0) is 6.54 Å². The molecular formula is C8H6ClN5O2. The van der Waals surface area contributed by atoms with Crippen molar-refractivity contribution < 1.29 is 4.92 Å². The van der Waals surface area contributed by atoms with E-state index in [4.69, 9.17) is 11.6 Å². The van der Waals surface area contributed by atoms with Gasteiger partial charge in [0, 0.05) is 0 Å². The second kappa shape index (κ2) is 4.23. The highest BCUT2D eigenvalue weighted by atomic mass is 35.5. The first kappa shape index (κ1) is 10.5. The Labute approximate surface area is 94.9 Å². The smallest absolute Gasteiger partial charge is 0.260 e. The summed E-state index contributed by atoms with van der Waals surface area (Å²) < 4.78 is 1.41. The summed E-state index contributed by atoms with van der Waals surface area (Å²) in [6.07, 6.45) is 5.42. The first-order valence-electron chi connectivity index (χ1n) is 4.28. The van der Waals surface area contributed by atoms with E-state index in [1.165, 1.54) is 29.5 Å². The number of nitro groups is 1. The minimum atomic E-state index is -0.503. The first-order chi connectivity index (χ1) is 7.65. The molecule has 0 spiro atoms. The van der Waals surface area contributed by atoms with Crippen LogP contribution in [0, 0.1) is 10.1 Å². The van der Waals surface area contributed by atoms with Crippen LogP contribution < -0.4 is 0 Å². The molecule has 0 aliphatic rings. The SMILES string of the molecule is O=[N+]([O-])c1cnn(Cc2cnc(Cl)cn2)c1. The fourth-order valence-electron chi connectivity index (χ4n) is 1.12. The van der Waals surface area contributed by atoms with Gasteiger partial charge < -0.3 is 0 Å². The predicted octanol–water partition coefficient (Wildman–Crippen LogP) is 1.28. The van der Waals surface area contributed by atoms with Crippen molar-refractivity contribution in [1.82, 2.24) is 19.7 Å². The van der Waals surface area contributed by atoms with Crippen molar-refractivity contribution in [1.29, 1.82) is 0 Å². The molecule has 0 aliphatic heterocycles. The van der Waals surface area contributed by atoms with Crippen molar-refractivity contribution >= 4 is 17.3 Å². The summed E-state index contributed by atoms with van der Waals surface area (Å²) >= 11 is 5.57. The summed E-state index contributed by atoms with van der Waals surface area (Å²) in [5.41, 5.74) is 0.573. The highest BCUT2D eigenvalue weighted by Gasteiger charge is 2.09. The van der Waals surface area contributed by atoms with Gasteiger partial charge in [0.15, 0.2) is 0 Å². The lowest BCUT2D eigenvalue weighted by Gasteiger charge is -1.99. The molecule has 0 N–H and O–H groups in total. The first-order valence-corrected chi connectivity index (χ1v) is 4.66. The maximum atomic E-state index is 10.4. The van der Waals surface area contributed by atoms with Crippen LogP contribution in [0.3, 0.4) is 0 Å². The topological polar surface area (TPSA) is 86.7 Å². The normalized spacial score (nSPS) is 10.3. The minimum Gasteiger partial charge on any atom is -0.260 e. The van der Waals surface area contributed by atoms with Gasteiger partial charge in [0.25, 0.3) is 0 Å². The van der Waals surface area contributed by atoms with Gasteiger partial charge in [-0.3, -0.25) is 19.8 Å². The molecule has 0 bridgehead atoms. The molecule has 2 heterocycles. The predicted molar refractivity (Wildman–Crippen MR) is 55.0 cm³/mol. The zero-order chi connectivity index (χ0) is 11.5. The van der Waals surface area contributed by atoms with E-state index in [2.05, 4.69) is 15.1 Å². The van der Waals surface area contributed by atoms with E-state index < -0.39 is 4.92 Å². The molecule has 0 aliphatic carbocycles. The van der Waals surface area contributed by atoms with E-state index in [1.54, 1.807) is 0 Å². The number of hydrogen-bond donors (Lipinski definition) is 0. The van der Waals surface area contributed by atoms with Gasteiger partial charge in [-0.1, -0.05) is 11.6 Å². The molecule has 0 saturated carbocycles. The molecule has 0 unspecified atom stereocenters. The highest BCUT2D eigenvalue weighted by molar-refractivity contribution is 6.29. The van der Waals surface area contributed by atoms with Crippen LogP contribution in [0.15, 0.2) is 24.8 Å². The van der Waals surface area contributed by atoms with Gasteiger partial charge >= 0.3 is 5.69 Å². The Kier molecular flexibility index (Phi) is 2.78. The molecule has 82 valence electrons. The third-order valence-electron chi connectivity index (χ3n) is 1.83. The molecule has 0 saturated heterocycles. The second-order valence-corrected chi connectivity index (χ2v) is 3.37. The van der Waals surface area contributed by atoms with Crippen LogP contribution in [0.5, 0.6) is 0 Å². The summed E-state index contributed by atoms with van der Waals surface area (Å²) in [6.45, 7) is 0.317. The molecule has 16 heavy (non-hydrogen) atoms. The summed E-state index contributed by atoms with van der Waals surface area (Å²) in [5, 5.41) is 14.5. The van der Waals surface area contributed by atoms with Crippen LogP contribution >= 0.6 is 11.6 Å². The molecule has 0 atom stereocenters. The van der Waals surface area contributed by atoms with Crippen LogP contribution in [0.4, 0.5) is 5.69 Å². The Bertz CT molecular complexity index is 509. The van der Waals surface area contributed by atoms with E-state index in [-0.39, 0.29) is 5.69 Å². The van der Waals surface area contributed by atoms with E-state index in [0.29, 0.717) is 17.4 Å². The van der Waals surface area contributed by atoms with Gasteiger partial charge in [-0.25, -0.2) is 4.98 Å². The van der Waals surface area contributed by atoms with Crippen LogP contribution in [0.2, 0.25) is 5.15 Å². The third kappa shape index (κ3) is 2.31. The molecule has 2 aromatic rings. The summed E-state index contributed by atoms with van der Waals surface area (Å²) in [4.78, 5) is 17.8. The summed E-state index contributed by atoms with van der Waals surface area (Å²) in [5.74, 6) is 0. The standard InChI is InChI=1S/C8H6ClN5O2/c9-8-3-10-6(1-11-8)4-13-5-7(2-12-13)14(15)16/h1-3,5H,4H2. The lowest BCUT2D eigenvalue weighted by atomic mass is 10.4. The van der Waals surface area contributed by atoms with E-state index in [0.717, 1.165) is 0 Å². The molecule has 0 aromatic carbocycles. The number of nitrogens with zero attached hydrogens (tertiary/aromatic N) is 5. The Morgan fingerprint density at radius 3 is 2.75 bits per heavy atom. The zero-order valence-corrected chi connectivity index (χ0v) is 8.70. The molecule has 2 rings (SSSR count). The van der Waals surface area contributed by atoms with Gasteiger partial charge in [-0.15, -0.1) is 0 Å². The molecule has 2 aromatic heterocycles. The van der Waals surface area contributed by atoms with Crippen LogP contribution in [0.25, 0.3) is 0 Å². The maximum Gasteiger partial charge on any atom is 0.307 e. The Balaban J connectivity index is 2.14. The van der Waals surface area contributed by atoms with Crippen molar-refractivity contribution in [2.75, 3.05) is 0 Å². The van der Waals surface area contributed by atoms with E-state index in [9.17, 15) is 10.1 Å². The largest absolute Gasteiger partial charge is 0.307 e. The van der Waals surface area contributed by atoms with E-state index in [1.807, 2.05) is 0 Å². The number of aromatic nitrogens is 4. The van der Waals surface area contributed by atoms with Gasteiger partial charge in [0.2, 0.25) is 0 Å². The second-order valence-electron chi connectivity index (χ2n) is 2.98. The lowest BCUT2D eigenvalue weighted by molar-refractivity contribution is -0.385. The van der Waals surface area contributed by atoms with Gasteiger partial charge in [0.05, 0.1) is 29.6 Å². The molecule has 0 radical (unpaired) electrons. The lowest BCUT2D eigenvalue weighted by Crippen LogP contribution is -2.02. The van der Waals surface area contributed by atoms with Crippen LogP contribution in [-0.4, -0.2) is 24.7 Å². The average Bonchev–Trinajstić information content (AvgIpc) is 2.70. The van der Waals surface area contributed by atoms with Gasteiger partial charge in [-0.05, 0) is 0 Å². The quantitative estimate of drug-likeness (QED) is 0.595. The molecular weight excluding hydrogens is 234 g/mol. The molecule has 0 fully saturated rings. The third-order valence-corrected chi connectivity index (χ3v) is 2.02. The van der Waals surface area contributed by atoms with Gasteiger partial charge in [0.1, 0.15) is 17.5 Å². The fraction of sp³-hybridized carbons (Fsp3) is 0.125. The number of hydrogen-bond acceptors (Lipinski definition) is 5. The maximum absolute atomic E-state index is 10.4. The number of rotatable bonds is 3. The minimum absolute atomic E-state index is 0.0538. The molecule has 7 nitrogen and oxygen atoms in total. The average molecular weight is 240 g/mol. The highest BCUT2D eigenvalue weighted by Crippen LogP contribution is 2.09. The Morgan fingerprint density at radius 1 is 1.38 bits per heavy atom. The van der Waals surface area contributed by atoms with Crippen molar-refractivity contribution in [3.8, 4) is 0 Å². The fourth-order valence-corrected chi connectivity index (χ4v) is 1.22. The molecule has 8 heteroatoms. The number of halogens is 1. The van der Waals surface area contributed by atoms with Crippen molar-refractivity contribution in [2.24, 2.45) is 0 Å². The van der Waals surface area contributed by atoms with Crippen LogP contribution in [0.1, 0.15) is 5.69 Å². The van der Waals surface area contributed by atoms with Crippen molar-refractivity contribution in [2.45, 2.75) is 6.54 Å². The Hall–Kier alpha value is -2.02. The van der Waals surface area contributed by atoms with Gasteiger partial charge in [-0.2, -0.15) is 5.10 Å². The summed E-state index contributed by atoms with van der Waals surface area (Å²) in [6, 6.07) is 0. The summed E-state index contributed by atoms with van der Waals surface area (Å²) in [7, 11) is 0. The van der Waals surface area contributed by atoms with Crippen molar-refractivity contribution in [3.05, 3.63) is 45.7 Å². The van der Waals surface area contributed by atoms with E-state index >= 15 is 0 Å². The zero-order valence-electron chi connectivity index (χ0n) is 7.95. The monoisotopic (exact) mass is 239 g/mol. The molecule has 0 amide bonds. The Morgan fingerprint density at radius 2 is 2.19 bits per heavy atom. The van der Waals surface area contributed by atoms with Crippen molar-refractivity contribution in [3.63, 3.8) is 0 Å².